The lowest BCUT2D eigenvalue weighted by molar-refractivity contribution is 0.785. The minimum Gasteiger partial charge on any atom is -0.353 e. The molecule has 0 aliphatic rings. The normalized spacial score (nSPS) is 10.5. The third-order valence-corrected chi connectivity index (χ3v) is 2.38. The molecule has 13 heavy (non-hydrogen) atoms. The smallest absolute Gasteiger partial charge is 0.101 e. The zero-order chi connectivity index (χ0) is 10.0. The predicted molar refractivity (Wildman–Crippen MR) is 53.6 cm³/mol. The first-order valence-corrected chi connectivity index (χ1v) is 4.70. The molecule has 0 aliphatic carbocycles. The van der Waals surface area contributed by atoms with Gasteiger partial charge in [0.15, 0.2) is 0 Å². The first kappa shape index (κ1) is 9.85. The van der Waals surface area contributed by atoms with Gasteiger partial charge in [0, 0.05) is 18.9 Å². The van der Waals surface area contributed by atoms with Crippen LogP contribution in [0.5, 0.6) is 0 Å². The van der Waals surface area contributed by atoms with E-state index in [1.54, 1.807) is 0 Å². The van der Waals surface area contributed by atoms with Gasteiger partial charge in [-0.05, 0) is 17.9 Å². The second-order valence-corrected chi connectivity index (χ2v) is 3.63. The van der Waals surface area contributed by atoms with E-state index in [1.165, 1.54) is 11.3 Å². The molecule has 2 nitrogen and oxygen atoms in total. The number of aromatic nitrogens is 1. The number of aryl methyl sites for hydroxylation is 1. The summed E-state index contributed by atoms with van der Waals surface area (Å²) in [7, 11) is 2.01. The highest BCUT2D eigenvalue weighted by atomic mass is 14.9. The fourth-order valence-corrected chi connectivity index (χ4v) is 1.86. The van der Waals surface area contributed by atoms with Crippen LogP contribution in [0.1, 0.15) is 43.5 Å². The van der Waals surface area contributed by atoms with Crippen LogP contribution in [0.4, 0.5) is 0 Å². The molecular formula is C11H16N2. The van der Waals surface area contributed by atoms with Crippen molar-refractivity contribution in [3.8, 4) is 6.07 Å². The molecule has 0 aliphatic heterocycles. The van der Waals surface area contributed by atoms with Crippen molar-refractivity contribution in [2.45, 2.75) is 33.1 Å². The van der Waals surface area contributed by atoms with Crippen LogP contribution in [-0.4, -0.2) is 4.57 Å². The Morgan fingerprint density at radius 3 is 2.54 bits per heavy atom. The second kappa shape index (κ2) is 3.66. The Balaban J connectivity index is 3.34. The SMILES string of the molecule is CCc1c(C(C)C)c(C#N)cn1C. The van der Waals surface area contributed by atoms with Crippen LogP contribution in [0.3, 0.4) is 0 Å². The van der Waals surface area contributed by atoms with Crippen molar-refractivity contribution in [2.75, 3.05) is 0 Å². The van der Waals surface area contributed by atoms with Crippen LogP contribution < -0.4 is 0 Å². The van der Waals surface area contributed by atoms with Crippen molar-refractivity contribution in [3.63, 3.8) is 0 Å². The van der Waals surface area contributed by atoms with Crippen molar-refractivity contribution in [1.29, 1.82) is 5.26 Å². The van der Waals surface area contributed by atoms with Crippen LogP contribution in [0.25, 0.3) is 0 Å². The van der Waals surface area contributed by atoms with Gasteiger partial charge in [-0.15, -0.1) is 0 Å². The number of rotatable bonds is 2. The zero-order valence-electron chi connectivity index (χ0n) is 8.76. The molecule has 1 aromatic heterocycles. The van der Waals surface area contributed by atoms with E-state index >= 15 is 0 Å². The molecule has 0 fully saturated rings. The number of nitriles is 1. The Kier molecular flexibility index (Phi) is 2.77. The average molecular weight is 176 g/mol. The first-order chi connectivity index (χ1) is 6.11. The quantitative estimate of drug-likeness (QED) is 0.680. The maximum atomic E-state index is 8.94. The van der Waals surface area contributed by atoms with Gasteiger partial charge in [0.05, 0.1) is 5.56 Å². The summed E-state index contributed by atoms with van der Waals surface area (Å²) in [5.74, 6) is 0.436. The predicted octanol–water partition coefficient (Wildman–Crippen LogP) is 2.58. The Labute approximate surface area is 79.8 Å². The van der Waals surface area contributed by atoms with Gasteiger partial charge in [-0.2, -0.15) is 5.26 Å². The van der Waals surface area contributed by atoms with Crippen molar-refractivity contribution in [1.82, 2.24) is 4.57 Å². The van der Waals surface area contributed by atoms with E-state index in [4.69, 9.17) is 5.26 Å². The van der Waals surface area contributed by atoms with Crippen molar-refractivity contribution in [3.05, 3.63) is 23.0 Å². The molecule has 1 aromatic rings. The van der Waals surface area contributed by atoms with E-state index in [9.17, 15) is 0 Å². The van der Waals surface area contributed by atoms with Crippen LogP contribution in [0, 0.1) is 11.3 Å². The van der Waals surface area contributed by atoms with Crippen LogP contribution in [0.15, 0.2) is 6.20 Å². The molecule has 70 valence electrons. The molecule has 1 heterocycles. The number of nitrogens with zero attached hydrogens (tertiary/aromatic N) is 2. The summed E-state index contributed by atoms with van der Waals surface area (Å²) in [6, 6.07) is 2.25. The molecule has 0 spiro atoms. The van der Waals surface area contributed by atoms with Gasteiger partial charge in [-0.1, -0.05) is 20.8 Å². The maximum absolute atomic E-state index is 8.94. The maximum Gasteiger partial charge on any atom is 0.101 e. The van der Waals surface area contributed by atoms with Crippen molar-refractivity contribution >= 4 is 0 Å². The topological polar surface area (TPSA) is 28.7 Å². The van der Waals surface area contributed by atoms with E-state index in [0.29, 0.717) is 5.92 Å². The summed E-state index contributed by atoms with van der Waals surface area (Å²) in [6.07, 6.45) is 2.92. The van der Waals surface area contributed by atoms with Crippen LogP contribution in [0.2, 0.25) is 0 Å². The molecule has 0 unspecified atom stereocenters. The summed E-state index contributed by atoms with van der Waals surface area (Å²) in [6.45, 7) is 6.40. The summed E-state index contributed by atoms with van der Waals surface area (Å²) >= 11 is 0. The molecule has 1 rings (SSSR count). The largest absolute Gasteiger partial charge is 0.353 e. The molecule has 0 N–H and O–H groups in total. The van der Waals surface area contributed by atoms with Gasteiger partial charge in [0.25, 0.3) is 0 Å². The van der Waals surface area contributed by atoms with Gasteiger partial charge >= 0.3 is 0 Å². The van der Waals surface area contributed by atoms with E-state index in [1.807, 2.05) is 13.2 Å². The molecule has 2 heteroatoms. The van der Waals surface area contributed by atoms with Gasteiger partial charge in [-0.3, -0.25) is 0 Å². The Hall–Kier alpha value is -1.23. The Bertz CT molecular complexity index is 340. The third-order valence-electron chi connectivity index (χ3n) is 2.38. The van der Waals surface area contributed by atoms with E-state index in [0.717, 1.165) is 12.0 Å². The second-order valence-electron chi connectivity index (χ2n) is 3.63. The average Bonchev–Trinajstić information content (AvgIpc) is 2.41. The first-order valence-electron chi connectivity index (χ1n) is 4.70. The van der Waals surface area contributed by atoms with Gasteiger partial charge in [0.1, 0.15) is 6.07 Å². The van der Waals surface area contributed by atoms with Crippen molar-refractivity contribution in [2.24, 2.45) is 7.05 Å². The fourth-order valence-electron chi connectivity index (χ4n) is 1.86. The van der Waals surface area contributed by atoms with Crippen LogP contribution >= 0.6 is 0 Å². The highest BCUT2D eigenvalue weighted by Gasteiger charge is 2.14. The Morgan fingerprint density at radius 1 is 1.54 bits per heavy atom. The summed E-state index contributed by atoms with van der Waals surface area (Å²) in [4.78, 5) is 0. The number of hydrogen-bond acceptors (Lipinski definition) is 1. The number of hydrogen-bond donors (Lipinski definition) is 0. The molecule has 0 aromatic carbocycles. The van der Waals surface area contributed by atoms with E-state index < -0.39 is 0 Å². The van der Waals surface area contributed by atoms with E-state index in [-0.39, 0.29) is 0 Å². The highest BCUT2D eigenvalue weighted by molar-refractivity contribution is 5.43. The zero-order valence-corrected chi connectivity index (χ0v) is 8.76. The minimum absolute atomic E-state index is 0.436. The Morgan fingerprint density at radius 2 is 2.15 bits per heavy atom. The van der Waals surface area contributed by atoms with Gasteiger partial charge < -0.3 is 4.57 Å². The molecule has 0 bridgehead atoms. The lowest BCUT2D eigenvalue weighted by atomic mass is 9.98. The monoisotopic (exact) mass is 176 g/mol. The lowest BCUT2D eigenvalue weighted by Gasteiger charge is -2.08. The van der Waals surface area contributed by atoms with Crippen LogP contribution in [-0.2, 0) is 13.5 Å². The molecule has 0 saturated carbocycles. The van der Waals surface area contributed by atoms with Crippen molar-refractivity contribution < 1.29 is 0 Å². The standard InChI is InChI=1S/C11H16N2/c1-5-10-11(8(2)3)9(6-12)7-13(10)4/h7-8H,5H2,1-4H3. The summed E-state index contributed by atoms with van der Waals surface area (Å²) in [5.41, 5.74) is 3.33. The minimum atomic E-state index is 0.436. The van der Waals surface area contributed by atoms with Gasteiger partial charge in [0.2, 0.25) is 0 Å². The molecule has 0 radical (unpaired) electrons. The third kappa shape index (κ3) is 1.60. The fraction of sp³-hybridized carbons (Fsp3) is 0.545. The van der Waals surface area contributed by atoms with E-state index in [2.05, 4.69) is 31.4 Å². The summed E-state index contributed by atoms with van der Waals surface area (Å²) in [5, 5.41) is 8.94. The molecular weight excluding hydrogens is 160 g/mol. The molecule has 0 amide bonds. The summed E-state index contributed by atoms with van der Waals surface area (Å²) < 4.78 is 2.06. The van der Waals surface area contributed by atoms with Gasteiger partial charge in [-0.25, -0.2) is 0 Å². The molecule has 0 saturated heterocycles. The lowest BCUT2D eigenvalue weighted by Crippen LogP contribution is -1.98. The highest BCUT2D eigenvalue weighted by Crippen LogP contribution is 2.25. The molecule has 0 atom stereocenters.